The first-order valence-electron chi connectivity index (χ1n) is 3.06. The molecule has 0 radical (unpaired) electrons. The summed E-state index contributed by atoms with van der Waals surface area (Å²) in [6.45, 7) is 2.17. The summed E-state index contributed by atoms with van der Waals surface area (Å²) in [7, 11) is 0. The van der Waals surface area contributed by atoms with E-state index in [0.29, 0.717) is 0 Å². The van der Waals surface area contributed by atoms with Crippen LogP contribution in [0.1, 0.15) is 26.2 Å². The molecule has 0 rings (SSSR count). The zero-order valence-corrected chi connectivity index (χ0v) is 8.14. The minimum Gasteiger partial charge on any atom is -0.262 e. The standard InChI is InChI=1S/C5H11Cl.CCl2O/c1-2-3-4-5-6;2-1(3)4/h2-5H2,1H3;. The van der Waals surface area contributed by atoms with E-state index in [0.717, 1.165) is 5.88 Å². The number of hydrogen-bond donors (Lipinski definition) is 0. The van der Waals surface area contributed by atoms with Gasteiger partial charge in [0, 0.05) is 5.88 Å². The van der Waals surface area contributed by atoms with Crippen molar-refractivity contribution < 1.29 is 4.79 Å². The van der Waals surface area contributed by atoms with Crippen LogP contribution in [0.2, 0.25) is 0 Å². The second-order valence-corrected chi connectivity index (χ2v) is 2.88. The summed E-state index contributed by atoms with van der Waals surface area (Å²) in [5.74, 6) is 0.827. The minimum absolute atomic E-state index is 0.827. The smallest absolute Gasteiger partial charge is 0.262 e. The van der Waals surface area contributed by atoms with Crippen LogP contribution >= 0.6 is 34.8 Å². The Morgan fingerprint density at radius 2 is 1.70 bits per heavy atom. The molecule has 0 aromatic heterocycles. The van der Waals surface area contributed by atoms with Gasteiger partial charge >= 0.3 is 4.70 Å². The molecule has 0 spiro atoms. The maximum atomic E-state index is 8.98. The fourth-order valence-electron chi connectivity index (χ4n) is 0.344. The Labute approximate surface area is 76.6 Å². The lowest BCUT2D eigenvalue weighted by atomic mass is 10.3. The van der Waals surface area contributed by atoms with Gasteiger partial charge in [-0.3, -0.25) is 4.79 Å². The molecule has 0 aromatic carbocycles. The Morgan fingerprint density at radius 1 is 1.30 bits per heavy atom. The van der Waals surface area contributed by atoms with Gasteiger partial charge in [-0.05, 0) is 29.6 Å². The molecule has 62 valence electrons. The zero-order chi connectivity index (χ0) is 8.41. The third kappa shape index (κ3) is 38.7. The van der Waals surface area contributed by atoms with E-state index < -0.39 is 4.70 Å². The minimum atomic E-state index is -0.889. The van der Waals surface area contributed by atoms with E-state index in [1.54, 1.807) is 0 Å². The highest BCUT2D eigenvalue weighted by Gasteiger charge is 1.76. The molecule has 0 atom stereocenters. The van der Waals surface area contributed by atoms with Crippen LogP contribution in [0.4, 0.5) is 4.79 Å². The maximum Gasteiger partial charge on any atom is 0.313 e. The van der Waals surface area contributed by atoms with Gasteiger partial charge in [0.15, 0.2) is 0 Å². The Kier molecular flexibility index (Phi) is 16.1. The third-order valence-corrected chi connectivity index (χ3v) is 1.00. The van der Waals surface area contributed by atoms with Crippen molar-refractivity contribution >= 4 is 39.5 Å². The summed E-state index contributed by atoms with van der Waals surface area (Å²) in [5.41, 5.74) is 0. The first kappa shape index (κ1) is 13.2. The fraction of sp³-hybridized carbons (Fsp3) is 0.833. The molecule has 0 N–H and O–H groups in total. The molecule has 0 amide bonds. The van der Waals surface area contributed by atoms with E-state index in [2.05, 4.69) is 30.1 Å². The van der Waals surface area contributed by atoms with Crippen molar-refractivity contribution in [1.29, 1.82) is 0 Å². The second-order valence-electron chi connectivity index (χ2n) is 1.62. The molecule has 0 bridgehead atoms. The Morgan fingerprint density at radius 3 is 1.80 bits per heavy atom. The number of rotatable bonds is 3. The zero-order valence-electron chi connectivity index (χ0n) is 5.87. The molecular formula is C6H11Cl3O. The lowest BCUT2D eigenvalue weighted by Crippen LogP contribution is -1.70. The molecule has 0 aliphatic rings. The van der Waals surface area contributed by atoms with Crippen LogP contribution in [0, 0.1) is 0 Å². The van der Waals surface area contributed by atoms with Crippen molar-refractivity contribution in [3.63, 3.8) is 0 Å². The molecule has 0 heterocycles. The van der Waals surface area contributed by atoms with E-state index in [9.17, 15) is 0 Å². The second kappa shape index (κ2) is 12.2. The average Bonchev–Trinajstić information content (AvgIpc) is 1.82. The predicted molar refractivity (Wildman–Crippen MR) is 47.3 cm³/mol. The SMILES string of the molecule is CCCCCCl.O=C(Cl)Cl. The normalized spacial score (nSPS) is 8.00. The van der Waals surface area contributed by atoms with Crippen LogP contribution < -0.4 is 0 Å². The number of hydrogen-bond acceptors (Lipinski definition) is 1. The summed E-state index contributed by atoms with van der Waals surface area (Å²) >= 11 is 14.2. The van der Waals surface area contributed by atoms with Crippen LogP contribution in [-0.2, 0) is 0 Å². The molecule has 0 saturated carbocycles. The molecule has 0 aliphatic carbocycles. The lowest BCUT2D eigenvalue weighted by Gasteiger charge is -1.84. The van der Waals surface area contributed by atoms with Gasteiger partial charge in [-0.1, -0.05) is 19.8 Å². The Balaban J connectivity index is 0. The summed E-state index contributed by atoms with van der Waals surface area (Å²) in [4.78, 5) is 8.98. The highest BCUT2D eigenvalue weighted by molar-refractivity contribution is 6.93. The van der Waals surface area contributed by atoms with Crippen molar-refractivity contribution in [3.8, 4) is 0 Å². The predicted octanol–water partition coefficient (Wildman–Crippen LogP) is 4.00. The van der Waals surface area contributed by atoms with E-state index in [1.165, 1.54) is 19.3 Å². The van der Waals surface area contributed by atoms with Crippen LogP contribution in [0.3, 0.4) is 0 Å². The van der Waals surface area contributed by atoms with Crippen molar-refractivity contribution in [2.24, 2.45) is 0 Å². The molecule has 0 unspecified atom stereocenters. The molecule has 0 aliphatic heterocycles. The molecule has 0 aromatic rings. The highest BCUT2D eigenvalue weighted by atomic mass is 35.5. The van der Waals surface area contributed by atoms with E-state index >= 15 is 0 Å². The molecule has 4 heteroatoms. The van der Waals surface area contributed by atoms with Gasteiger partial charge in [0.1, 0.15) is 0 Å². The number of unbranched alkanes of at least 4 members (excludes halogenated alkanes) is 2. The topological polar surface area (TPSA) is 17.1 Å². The van der Waals surface area contributed by atoms with Crippen molar-refractivity contribution in [3.05, 3.63) is 0 Å². The number of carbonyl (C=O) groups is 1. The summed E-state index contributed by atoms with van der Waals surface area (Å²) < 4.78 is -0.889. The van der Waals surface area contributed by atoms with Gasteiger partial charge in [0.05, 0.1) is 0 Å². The molecule has 10 heavy (non-hydrogen) atoms. The number of alkyl halides is 1. The first-order chi connectivity index (χ1) is 4.65. The number of carbonyl (C=O) groups excluding carboxylic acids is 1. The van der Waals surface area contributed by atoms with Gasteiger partial charge in [0.2, 0.25) is 0 Å². The van der Waals surface area contributed by atoms with Crippen LogP contribution in [0.5, 0.6) is 0 Å². The summed E-state index contributed by atoms with van der Waals surface area (Å²) in [6, 6.07) is 0. The lowest BCUT2D eigenvalue weighted by molar-refractivity contribution is 0.275. The van der Waals surface area contributed by atoms with Crippen LogP contribution in [0.15, 0.2) is 0 Å². The molecule has 1 nitrogen and oxygen atoms in total. The fourth-order valence-corrected chi connectivity index (χ4v) is 0.533. The van der Waals surface area contributed by atoms with Gasteiger partial charge in [-0.2, -0.15) is 0 Å². The largest absolute Gasteiger partial charge is 0.313 e. The monoisotopic (exact) mass is 204 g/mol. The van der Waals surface area contributed by atoms with E-state index in [4.69, 9.17) is 16.4 Å². The van der Waals surface area contributed by atoms with E-state index in [-0.39, 0.29) is 0 Å². The van der Waals surface area contributed by atoms with Crippen molar-refractivity contribution in [1.82, 2.24) is 0 Å². The summed E-state index contributed by atoms with van der Waals surface area (Å²) in [6.07, 6.45) is 3.73. The van der Waals surface area contributed by atoms with Gasteiger partial charge in [-0.25, -0.2) is 0 Å². The quantitative estimate of drug-likeness (QED) is 0.387. The van der Waals surface area contributed by atoms with Gasteiger partial charge < -0.3 is 0 Å². The maximum absolute atomic E-state index is 8.98. The van der Waals surface area contributed by atoms with Gasteiger partial charge in [0.25, 0.3) is 0 Å². The Bertz CT molecular complexity index is 67.4. The molecule has 0 fully saturated rings. The van der Waals surface area contributed by atoms with Crippen LogP contribution in [-0.4, -0.2) is 10.6 Å². The van der Waals surface area contributed by atoms with Crippen molar-refractivity contribution in [2.75, 3.05) is 5.88 Å². The Hall–Kier alpha value is 0.540. The average molecular weight is 206 g/mol. The highest BCUT2D eigenvalue weighted by Crippen LogP contribution is 1.93. The van der Waals surface area contributed by atoms with Crippen molar-refractivity contribution in [2.45, 2.75) is 26.2 Å². The molecule has 0 saturated heterocycles. The number of halogens is 3. The third-order valence-electron chi connectivity index (χ3n) is 0.737. The van der Waals surface area contributed by atoms with Crippen LogP contribution in [0.25, 0.3) is 0 Å². The van der Waals surface area contributed by atoms with Gasteiger partial charge in [-0.15, -0.1) is 11.6 Å². The summed E-state index contributed by atoms with van der Waals surface area (Å²) in [5, 5.41) is 0. The first-order valence-corrected chi connectivity index (χ1v) is 4.35. The van der Waals surface area contributed by atoms with E-state index in [1.807, 2.05) is 0 Å². The molecular weight excluding hydrogens is 194 g/mol.